The van der Waals surface area contributed by atoms with Gasteiger partial charge in [0.15, 0.2) is 0 Å². The van der Waals surface area contributed by atoms with Crippen LogP contribution in [0.2, 0.25) is 0 Å². The van der Waals surface area contributed by atoms with E-state index in [9.17, 15) is 8.42 Å². The van der Waals surface area contributed by atoms with Gasteiger partial charge in [0.2, 0.25) is 10.0 Å². The molecule has 0 aliphatic carbocycles. The number of nitrogens with zero attached hydrogens (tertiary/aromatic N) is 1. The van der Waals surface area contributed by atoms with E-state index in [1.165, 1.54) is 6.07 Å². The number of benzene rings is 1. The molecule has 102 valence electrons. The predicted molar refractivity (Wildman–Crippen MR) is 75.2 cm³/mol. The van der Waals surface area contributed by atoms with Crippen LogP contribution >= 0.6 is 11.3 Å². The summed E-state index contributed by atoms with van der Waals surface area (Å²) in [4.78, 5) is 5.30. The van der Waals surface area contributed by atoms with Crippen molar-refractivity contribution in [1.82, 2.24) is 10.3 Å². The highest BCUT2D eigenvalue weighted by Crippen LogP contribution is 2.17. The third kappa shape index (κ3) is 3.84. The average molecular weight is 297 g/mol. The van der Waals surface area contributed by atoms with E-state index in [4.69, 9.17) is 5.14 Å². The summed E-state index contributed by atoms with van der Waals surface area (Å²) in [5, 5.41) is 8.42. The van der Waals surface area contributed by atoms with E-state index in [0.29, 0.717) is 6.54 Å². The summed E-state index contributed by atoms with van der Waals surface area (Å²) in [6.07, 6.45) is 1.82. The Morgan fingerprint density at radius 3 is 2.89 bits per heavy atom. The van der Waals surface area contributed by atoms with Crippen molar-refractivity contribution in [3.63, 3.8) is 0 Å². The molecule has 3 N–H and O–H groups in total. The lowest BCUT2D eigenvalue weighted by molar-refractivity contribution is 0.580. The van der Waals surface area contributed by atoms with Gasteiger partial charge in [-0.25, -0.2) is 13.6 Å². The van der Waals surface area contributed by atoms with Crippen molar-refractivity contribution in [2.45, 2.75) is 24.4 Å². The van der Waals surface area contributed by atoms with Gasteiger partial charge in [-0.2, -0.15) is 0 Å². The maximum absolute atomic E-state index is 11.3. The molecule has 1 aromatic carbocycles. The van der Waals surface area contributed by atoms with E-state index in [-0.39, 0.29) is 10.9 Å². The van der Waals surface area contributed by atoms with Crippen LogP contribution in [0.25, 0.3) is 0 Å². The standard InChI is InChI=1S/C12H15N3O2S2/c1-9(12-7-14-8-18-12)15-6-10-3-2-4-11(5-10)19(13,16)17/h2-5,7-9,15H,6H2,1H3,(H2,13,16,17). The third-order valence-electron chi connectivity index (χ3n) is 2.72. The Kier molecular flexibility index (Phi) is 4.31. The first-order valence-electron chi connectivity index (χ1n) is 5.70. The third-order valence-corrected chi connectivity index (χ3v) is 4.59. The zero-order valence-electron chi connectivity index (χ0n) is 10.4. The largest absolute Gasteiger partial charge is 0.305 e. The van der Waals surface area contributed by atoms with Crippen LogP contribution < -0.4 is 10.5 Å². The van der Waals surface area contributed by atoms with Crippen molar-refractivity contribution in [1.29, 1.82) is 0 Å². The molecule has 1 unspecified atom stereocenters. The molecule has 19 heavy (non-hydrogen) atoms. The zero-order chi connectivity index (χ0) is 13.9. The molecular weight excluding hydrogens is 282 g/mol. The van der Waals surface area contributed by atoms with Gasteiger partial charge in [0.1, 0.15) is 0 Å². The summed E-state index contributed by atoms with van der Waals surface area (Å²) in [7, 11) is -3.64. The summed E-state index contributed by atoms with van der Waals surface area (Å²) in [5.74, 6) is 0. The lowest BCUT2D eigenvalue weighted by Crippen LogP contribution is -2.18. The molecule has 0 saturated carbocycles. The maximum Gasteiger partial charge on any atom is 0.238 e. The Hall–Kier alpha value is -1.28. The molecule has 2 rings (SSSR count). The number of thiazole rings is 1. The van der Waals surface area contributed by atoms with E-state index in [2.05, 4.69) is 10.3 Å². The fourth-order valence-electron chi connectivity index (χ4n) is 1.64. The highest BCUT2D eigenvalue weighted by Gasteiger charge is 2.09. The van der Waals surface area contributed by atoms with Crippen molar-refractivity contribution in [2.24, 2.45) is 5.14 Å². The smallest absolute Gasteiger partial charge is 0.238 e. The van der Waals surface area contributed by atoms with Crippen LogP contribution in [0, 0.1) is 0 Å². The first kappa shape index (κ1) is 14.1. The van der Waals surface area contributed by atoms with Gasteiger partial charge < -0.3 is 5.32 Å². The molecule has 0 bridgehead atoms. The van der Waals surface area contributed by atoms with Crippen LogP contribution in [0.3, 0.4) is 0 Å². The molecule has 2 aromatic rings. The average Bonchev–Trinajstić information content (AvgIpc) is 2.89. The van der Waals surface area contributed by atoms with Gasteiger partial charge in [0.25, 0.3) is 0 Å². The predicted octanol–water partition coefficient (Wildman–Crippen LogP) is 1.64. The van der Waals surface area contributed by atoms with Crippen molar-refractivity contribution >= 4 is 21.4 Å². The number of hydrogen-bond acceptors (Lipinski definition) is 5. The fraction of sp³-hybridized carbons (Fsp3) is 0.250. The molecule has 1 heterocycles. The zero-order valence-corrected chi connectivity index (χ0v) is 12.0. The van der Waals surface area contributed by atoms with Crippen molar-refractivity contribution in [2.75, 3.05) is 0 Å². The fourth-order valence-corrected chi connectivity index (χ4v) is 2.88. The Balaban J connectivity index is 2.04. The molecule has 0 fully saturated rings. The van der Waals surface area contributed by atoms with Gasteiger partial charge in [-0.15, -0.1) is 11.3 Å². The monoisotopic (exact) mass is 297 g/mol. The molecule has 0 spiro atoms. The van der Waals surface area contributed by atoms with Crippen molar-refractivity contribution in [3.05, 3.63) is 46.4 Å². The quantitative estimate of drug-likeness (QED) is 0.878. The Morgan fingerprint density at radius 1 is 1.47 bits per heavy atom. The van der Waals surface area contributed by atoms with Crippen LogP contribution in [0.15, 0.2) is 40.9 Å². The number of nitrogens with one attached hydrogen (secondary N) is 1. The van der Waals surface area contributed by atoms with Crippen molar-refractivity contribution in [3.8, 4) is 0 Å². The highest BCUT2D eigenvalue weighted by molar-refractivity contribution is 7.89. The Labute approximate surface area is 116 Å². The topological polar surface area (TPSA) is 85.1 Å². The maximum atomic E-state index is 11.3. The van der Waals surface area contributed by atoms with Crippen LogP contribution in [-0.4, -0.2) is 13.4 Å². The normalized spacial score (nSPS) is 13.4. The van der Waals surface area contributed by atoms with Crippen LogP contribution in [0.1, 0.15) is 23.4 Å². The lowest BCUT2D eigenvalue weighted by atomic mass is 10.2. The van der Waals surface area contributed by atoms with E-state index < -0.39 is 10.0 Å². The molecule has 0 saturated heterocycles. The summed E-state index contributed by atoms with van der Waals surface area (Å²) < 4.78 is 22.5. The molecule has 1 atom stereocenters. The van der Waals surface area contributed by atoms with Gasteiger partial charge >= 0.3 is 0 Å². The molecule has 0 radical (unpaired) electrons. The van der Waals surface area contributed by atoms with Gasteiger partial charge in [-0.05, 0) is 24.6 Å². The van der Waals surface area contributed by atoms with Crippen LogP contribution in [0.4, 0.5) is 0 Å². The first-order chi connectivity index (χ1) is 8.97. The van der Waals surface area contributed by atoms with E-state index in [1.807, 2.05) is 19.2 Å². The second-order valence-corrected chi connectivity index (χ2v) is 6.68. The summed E-state index contributed by atoms with van der Waals surface area (Å²) in [5.41, 5.74) is 2.66. The minimum absolute atomic E-state index is 0.136. The molecule has 1 aromatic heterocycles. The molecule has 0 aliphatic heterocycles. The minimum atomic E-state index is -3.64. The molecular formula is C12H15N3O2S2. The number of aromatic nitrogens is 1. The minimum Gasteiger partial charge on any atom is -0.305 e. The molecule has 7 heteroatoms. The van der Waals surface area contributed by atoms with Crippen LogP contribution in [0.5, 0.6) is 0 Å². The SMILES string of the molecule is CC(NCc1cccc(S(N)(=O)=O)c1)c1cncs1. The number of nitrogens with two attached hydrogens (primary N) is 1. The number of hydrogen-bond donors (Lipinski definition) is 2. The summed E-state index contributed by atoms with van der Waals surface area (Å²) in [6.45, 7) is 2.61. The molecule has 0 amide bonds. The molecule has 5 nitrogen and oxygen atoms in total. The van der Waals surface area contributed by atoms with E-state index >= 15 is 0 Å². The Morgan fingerprint density at radius 2 is 2.26 bits per heavy atom. The van der Waals surface area contributed by atoms with Gasteiger partial charge in [0.05, 0.1) is 10.4 Å². The van der Waals surface area contributed by atoms with Gasteiger partial charge in [0, 0.05) is 23.7 Å². The second-order valence-electron chi connectivity index (χ2n) is 4.20. The summed E-state index contributed by atoms with van der Waals surface area (Å²) in [6, 6.07) is 6.80. The number of rotatable bonds is 5. The Bertz CT molecular complexity index is 639. The summed E-state index contributed by atoms with van der Waals surface area (Å²) >= 11 is 1.58. The van der Waals surface area contributed by atoms with E-state index in [0.717, 1.165) is 10.4 Å². The van der Waals surface area contributed by atoms with E-state index in [1.54, 1.807) is 29.0 Å². The van der Waals surface area contributed by atoms with Crippen molar-refractivity contribution < 1.29 is 8.42 Å². The number of primary sulfonamides is 1. The van der Waals surface area contributed by atoms with Gasteiger partial charge in [-0.3, -0.25) is 4.98 Å². The second kappa shape index (κ2) is 5.79. The number of sulfonamides is 1. The van der Waals surface area contributed by atoms with Gasteiger partial charge in [-0.1, -0.05) is 12.1 Å². The highest BCUT2D eigenvalue weighted by atomic mass is 32.2. The van der Waals surface area contributed by atoms with Crippen LogP contribution in [-0.2, 0) is 16.6 Å². The lowest BCUT2D eigenvalue weighted by Gasteiger charge is -2.12. The molecule has 0 aliphatic rings. The first-order valence-corrected chi connectivity index (χ1v) is 8.13.